The van der Waals surface area contributed by atoms with Gasteiger partial charge in [-0.3, -0.25) is 33.8 Å². The molecule has 63 heavy (non-hydrogen) atoms. The topological polar surface area (TPSA) is 143 Å². The molecule has 3 saturated heterocycles. The van der Waals surface area contributed by atoms with Crippen molar-refractivity contribution in [1.82, 2.24) is 38.8 Å². The number of carbonyl (C=O) groups is 2. The van der Waals surface area contributed by atoms with Crippen molar-refractivity contribution in [3.8, 4) is 11.1 Å². The van der Waals surface area contributed by atoms with Crippen molar-refractivity contribution < 1.29 is 27.9 Å². The summed E-state index contributed by atoms with van der Waals surface area (Å²) in [6, 6.07) is 14.1. The number of para-hydroxylation sites is 1. The Labute approximate surface area is 364 Å². The molecule has 2 aromatic carbocycles. The molecular weight excluding hydrogens is 812 g/mol. The number of aliphatic hydroxyl groups excluding tert-OH is 1. The fraction of sp³-hybridized carbons (Fsp3) is 0.553. The molecule has 3 aromatic heterocycles. The van der Waals surface area contributed by atoms with E-state index in [0.29, 0.717) is 30.8 Å². The van der Waals surface area contributed by atoms with Gasteiger partial charge in [0.25, 0.3) is 0 Å². The van der Waals surface area contributed by atoms with Gasteiger partial charge >= 0.3 is 11.9 Å². The number of aryl methyl sites for hydroxylation is 1. The number of aromatic nitrogens is 5. The minimum atomic E-state index is -4.26. The quantitative estimate of drug-likeness (QED) is 0.112. The maximum atomic E-state index is 13.4. The zero-order chi connectivity index (χ0) is 43.8. The molecule has 3 aliphatic heterocycles. The molecule has 4 fully saturated rings. The number of benzene rings is 2. The number of hydrogen-bond donors (Lipinski definition) is 3. The average Bonchev–Trinajstić information content (AvgIpc) is 3.76. The standard InChI is InChI=1S/C47H58F3N9O4/c1-55-42-34(3-2-4-39(42)59(46(55)63)40-13-14-41(61)53-44(40)62)28-57-23-17-31(18-24-57)25-30-15-21-56(22-16-30)27-32-5-7-33(8-6-32)38-29-58(35-9-11-36(60)12-10-35)43-37(38)26-52-45(54-43)51-20-19-47(48,49)50/h2-8,26,29-31,35-36,40,60H,9-25,27-28H2,1H3,(H,51,52,54)(H,53,61,62)/t35-,36-,40-/m0/s1. The van der Waals surface area contributed by atoms with Crippen LogP contribution in [-0.2, 0) is 29.7 Å². The zero-order valence-electron chi connectivity index (χ0n) is 36.0. The SMILES string of the molecule is Cn1c(=O)n([C@H]2CCC(=O)NC2=O)c2cccc(CN3CCC(CC4CCN(Cc5ccc(-c6cn([C@H]7CC[C@H](O)CC7)c7nc(NCCC(F)(F)F)ncc67)cc5)CC4)CC3)c21. The predicted molar refractivity (Wildman–Crippen MR) is 235 cm³/mol. The summed E-state index contributed by atoms with van der Waals surface area (Å²) in [5.74, 6) is 0.895. The van der Waals surface area contributed by atoms with Crippen LogP contribution < -0.4 is 16.3 Å². The molecule has 2 amide bonds. The maximum absolute atomic E-state index is 13.4. The largest absolute Gasteiger partial charge is 0.393 e. The highest BCUT2D eigenvalue weighted by molar-refractivity contribution is 6.00. The Kier molecular flexibility index (Phi) is 12.5. The molecule has 0 bridgehead atoms. The second-order valence-electron chi connectivity index (χ2n) is 18.5. The van der Waals surface area contributed by atoms with Crippen molar-refractivity contribution in [3.63, 3.8) is 0 Å². The van der Waals surface area contributed by atoms with Gasteiger partial charge in [0.15, 0.2) is 0 Å². The van der Waals surface area contributed by atoms with Crippen molar-refractivity contribution in [2.45, 2.75) is 115 Å². The van der Waals surface area contributed by atoms with Gasteiger partial charge in [-0.15, -0.1) is 0 Å². The third-order valence-electron chi connectivity index (χ3n) is 14.2. The van der Waals surface area contributed by atoms with Gasteiger partial charge in [-0.1, -0.05) is 36.4 Å². The third kappa shape index (κ3) is 9.58. The van der Waals surface area contributed by atoms with Crippen molar-refractivity contribution in [2.24, 2.45) is 18.9 Å². The second kappa shape index (κ2) is 18.2. The van der Waals surface area contributed by atoms with E-state index in [2.05, 4.69) is 66.5 Å². The van der Waals surface area contributed by atoms with E-state index in [4.69, 9.17) is 4.98 Å². The fourth-order valence-corrected chi connectivity index (χ4v) is 10.7. The number of amides is 2. The molecule has 9 rings (SSSR count). The van der Waals surface area contributed by atoms with Crippen LogP contribution in [0.4, 0.5) is 19.1 Å². The highest BCUT2D eigenvalue weighted by Crippen LogP contribution is 2.38. The molecule has 0 spiro atoms. The van der Waals surface area contributed by atoms with Gasteiger partial charge in [-0.2, -0.15) is 18.2 Å². The summed E-state index contributed by atoms with van der Waals surface area (Å²) in [6.07, 6.45) is 7.80. The van der Waals surface area contributed by atoms with E-state index in [9.17, 15) is 32.7 Å². The Hall–Kier alpha value is -5.06. The number of nitrogens with one attached hydrogen (secondary N) is 2. The van der Waals surface area contributed by atoms with Crippen molar-refractivity contribution >= 4 is 39.8 Å². The van der Waals surface area contributed by atoms with Gasteiger partial charge in [0.2, 0.25) is 17.8 Å². The number of imidazole rings is 1. The number of hydrogen-bond acceptors (Lipinski definition) is 9. The summed E-state index contributed by atoms with van der Waals surface area (Å²) in [7, 11) is 1.77. The molecule has 336 valence electrons. The lowest BCUT2D eigenvalue weighted by atomic mass is 9.82. The summed E-state index contributed by atoms with van der Waals surface area (Å²) in [6.45, 7) is 5.52. The van der Waals surface area contributed by atoms with E-state index in [0.717, 1.165) is 104 Å². The molecule has 5 aromatic rings. The Balaban J connectivity index is 0.771. The van der Waals surface area contributed by atoms with Crippen LogP contribution in [0, 0.1) is 11.8 Å². The van der Waals surface area contributed by atoms with Crippen LogP contribution in [-0.4, -0.2) is 95.4 Å². The fourth-order valence-electron chi connectivity index (χ4n) is 10.7. The lowest BCUT2D eigenvalue weighted by Crippen LogP contribution is -2.44. The zero-order valence-corrected chi connectivity index (χ0v) is 36.0. The summed E-state index contributed by atoms with van der Waals surface area (Å²) >= 11 is 0. The van der Waals surface area contributed by atoms with Gasteiger partial charge in [-0.25, -0.2) is 9.78 Å². The van der Waals surface area contributed by atoms with E-state index in [1.54, 1.807) is 22.4 Å². The Morgan fingerprint density at radius 2 is 1.54 bits per heavy atom. The van der Waals surface area contributed by atoms with E-state index in [-0.39, 0.29) is 42.7 Å². The summed E-state index contributed by atoms with van der Waals surface area (Å²) in [4.78, 5) is 52.0. The first-order valence-corrected chi connectivity index (χ1v) is 22.8. The molecule has 3 N–H and O–H groups in total. The number of nitrogens with zero attached hydrogens (tertiary/aromatic N) is 7. The average molecular weight is 870 g/mol. The monoisotopic (exact) mass is 869 g/mol. The number of fused-ring (bicyclic) bond motifs is 2. The molecule has 13 nitrogen and oxygen atoms in total. The number of anilines is 1. The summed E-state index contributed by atoms with van der Waals surface area (Å²) in [5.41, 5.74) is 6.40. The van der Waals surface area contributed by atoms with Crippen LogP contribution in [0.25, 0.3) is 33.2 Å². The highest BCUT2D eigenvalue weighted by atomic mass is 19.4. The van der Waals surface area contributed by atoms with Crippen LogP contribution in [0.3, 0.4) is 0 Å². The van der Waals surface area contributed by atoms with Gasteiger partial charge in [-0.05, 0) is 125 Å². The van der Waals surface area contributed by atoms with Crippen LogP contribution in [0.1, 0.15) is 100 Å². The number of aliphatic hydroxyl groups is 1. The van der Waals surface area contributed by atoms with Gasteiger partial charge in [0.05, 0.1) is 23.6 Å². The van der Waals surface area contributed by atoms with Crippen molar-refractivity contribution in [2.75, 3.05) is 38.0 Å². The first-order chi connectivity index (χ1) is 30.4. The molecule has 1 aliphatic carbocycles. The Bertz CT molecular complexity index is 2490. The molecule has 0 unspecified atom stereocenters. The third-order valence-corrected chi connectivity index (χ3v) is 14.2. The summed E-state index contributed by atoms with van der Waals surface area (Å²) in [5, 5.41) is 16.2. The Morgan fingerprint density at radius 3 is 2.21 bits per heavy atom. The van der Waals surface area contributed by atoms with Crippen LogP contribution in [0.2, 0.25) is 0 Å². The number of likely N-dealkylation sites (tertiary alicyclic amines) is 2. The molecule has 4 aliphatic rings. The van der Waals surface area contributed by atoms with Gasteiger partial charge in [0.1, 0.15) is 11.7 Å². The smallest absolute Gasteiger partial charge is 0.390 e. The van der Waals surface area contributed by atoms with Crippen LogP contribution >= 0.6 is 0 Å². The van der Waals surface area contributed by atoms with Crippen LogP contribution in [0.5, 0.6) is 0 Å². The lowest BCUT2D eigenvalue weighted by Gasteiger charge is -2.37. The van der Waals surface area contributed by atoms with E-state index < -0.39 is 24.5 Å². The maximum Gasteiger partial charge on any atom is 0.390 e. The summed E-state index contributed by atoms with van der Waals surface area (Å²) < 4.78 is 43.8. The normalized spacial score (nSPS) is 22.6. The number of halogens is 3. The first-order valence-electron chi connectivity index (χ1n) is 22.8. The number of piperidine rings is 3. The van der Waals surface area contributed by atoms with E-state index in [1.807, 2.05) is 12.1 Å². The minimum absolute atomic E-state index is 0.137. The first kappa shape index (κ1) is 43.2. The van der Waals surface area contributed by atoms with Gasteiger partial charge in [0, 0.05) is 62.5 Å². The number of alkyl halides is 3. The molecular formula is C47H58F3N9O4. The number of carbonyl (C=O) groups excluding carboxylic acids is 2. The lowest BCUT2D eigenvalue weighted by molar-refractivity contribution is -0.136. The minimum Gasteiger partial charge on any atom is -0.393 e. The Morgan fingerprint density at radius 1 is 0.857 bits per heavy atom. The number of imide groups is 1. The molecule has 1 atom stereocenters. The van der Waals surface area contributed by atoms with Crippen LogP contribution in [0.15, 0.2) is 59.7 Å². The molecule has 6 heterocycles. The van der Waals surface area contributed by atoms with E-state index >= 15 is 0 Å². The molecule has 1 saturated carbocycles. The molecule has 0 radical (unpaired) electrons. The second-order valence-corrected chi connectivity index (χ2v) is 18.5. The van der Waals surface area contributed by atoms with Gasteiger partial charge < -0.3 is 15.0 Å². The highest BCUT2D eigenvalue weighted by Gasteiger charge is 2.33. The van der Waals surface area contributed by atoms with Crippen molar-refractivity contribution in [3.05, 3.63) is 76.5 Å². The predicted octanol–water partition coefficient (Wildman–Crippen LogP) is 7.08. The van der Waals surface area contributed by atoms with Crippen molar-refractivity contribution in [1.29, 1.82) is 0 Å². The molecule has 16 heteroatoms. The van der Waals surface area contributed by atoms with E-state index in [1.165, 1.54) is 24.8 Å². The number of rotatable bonds is 12.